The average molecular weight is 549 g/mol. The van der Waals surface area contributed by atoms with Gasteiger partial charge in [-0.1, -0.05) is 6.07 Å². The molecule has 1 saturated heterocycles. The molecule has 0 atom stereocenters. The van der Waals surface area contributed by atoms with Crippen molar-refractivity contribution in [1.29, 1.82) is 0 Å². The minimum absolute atomic E-state index is 0.112. The summed E-state index contributed by atoms with van der Waals surface area (Å²) in [6.45, 7) is 1.94. The minimum atomic E-state index is -1.05. The highest BCUT2D eigenvalue weighted by molar-refractivity contribution is 9.10. The maximum absolute atomic E-state index is 13.0. The van der Waals surface area contributed by atoms with Crippen LogP contribution in [-0.4, -0.2) is 60.4 Å². The number of methoxy groups -OCH3 is 2. The lowest BCUT2D eigenvalue weighted by Crippen LogP contribution is -2.28. The van der Waals surface area contributed by atoms with Crippen LogP contribution in [-0.2, 0) is 14.3 Å². The quantitative estimate of drug-likeness (QED) is 0.382. The molecule has 9 nitrogen and oxygen atoms in total. The summed E-state index contributed by atoms with van der Waals surface area (Å²) >= 11 is 4.60. The van der Waals surface area contributed by atoms with E-state index in [1.165, 1.54) is 43.0 Å². The summed E-state index contributed by atoms with van der Waals surface area (Å²) in [5.74, 6) is -1.11. The number of likely N-dealkylation sites (N-methyl/N-ethyl adjacent to an activating group) is 1. The van der Waals surface area contributed by atoms with Crippen molar-refractivity contribution in [3.05, 3.63) is 56.9 Å². The van der Waals surface area contributed by atoms with Gasteiger partial charge in [0.15, 0.2) is 23.3 Å². The van der Waals surface area contributed by atoms with Crippen molar-refractivity contribution < 1.29 is 33.7 Å². The van der Waals surface area contributed by atoms with E-state index >= 15 is 0 Å². The lowest BCUT2D eigenvalue weighted by molar-refractivity contribution is -0.143. The van der Waals surface area contributed by atoms with Crippen molar-refractivity contribution in [2.75, 3.05) is 27.4 Å². The fraction of sp³-hybridized carbons (Fsp3) is 0.217. The number of carbonyl (C=O) groups is 3. The van der Waals surface area contributed by atoms with E-state index in [4.69, 9.17) is 9.47 Å². The van der Waals surface area contributed by atoms with Gasteiger partial charge in [-0.2, -0.15) is 0 Å². The van der Waals surface area contributed by atoms with Crippen molar-refractivity contribution in [2.24, 2.45) is 4.99 Å². The minimum Gasteiger partial charge on any atom is -0.493 e. The first-order chi connectivity index (χ1) is 16.3. The van der Waals surface area contributed by atoms with Crippen LogP contribution in [0.1, 0.15) is 22.8 Å². The monoisotopic (exact) mass is 548 g/mol. The van der Waals surface area contributed by atoms with Gasteiger partial charge in [0.2, 0.25) is 0 Å². The van der Waals surface area contributed by atoms with Crippen LogP contribution in [0, 0.1) is 0 Å². The number of nitrogens with zero attached hydrogens (tertiary/aromatic N) is 2. The van der Waals surface area contributed by atoms with Crippen LogP contribution in [0.4, 0.5) is 5.69 Å². The number of halogens is 1. The molecule has 1 amide bonds. The zero-order valence-electron chi connectivity index (χ0n) is 18.5. The summed E-state index contributed by atoms with van der Waals surface area (Å²) in [5.41, 5.74) is 1.21. The molecule has 0 spiro atoms. The number of carbonyl (C=O) groups excluding carboxylic acids is 2. The Kier molecular flexibility index (Phi) is 8.35. The molecule has 1 heterocycles. The third-order valence-electron chi connectivity index (χ3n) is 4.63. The number of esters is 1. The SMILES string of the molecule is CCN1C(=O)C(=Cc2cc(Br)c(OCC(=O)OC)c(OC)c2)SC1=Nc1cccc(C(=O)O)c1. The summed E-state index contributed by atoms with van der Waals surface area (Å²) in [6, 6.07) is 9.62. The summed E-state index contributed by atoms with van der Waals surface area (Å²) in [6.07, 6.45) is 1.70. The van der Waals surface area contributed by atoms with E-state index in [0.29, 0.717) is 43.8 Å². The van der Waals surface area contributed by atoms with Crippen molar-refractivity contribution >= 4 is 62.5 Å². The Morgan fingerprint density at radius 1 is 1.24 bits per heavy atom. The van der Waals surface area contributed by atoms with E-state index in [1.807, 2.05) is 6.92 Å². The number of rotatable bonds is 8. The van der Waals surface area contributed by atoms with Crippen LogP contribution in [0.2, 0.25) is 0 Å². The zero-order valence-corrected chi connectivity index (χ0v) is 20.9. The smallest absolute Gasteiger partial charge is 0.343 e. The fourth-order valence-corrected chi connectivity index (χ4v) is 4.63. The van der Waals surface area contributed by atoms with E-state index < -0.39 is 11.9 Å². The first kappa shape index (κ1) is 25.3. The summed E-state index contributed by atoms with van der Waals surface area (Å²) < 4.78 is 16.0. The van der Waals surface area contributed by atoms with Crippen LogP contribution in [0.15, 0.2) is 50.8 Å². The van der Waals surface area contributed by atoms with Gasteiger partial charge in [0.25, 0.3) is 5.91 Å². The lowest BCUT2D eigenvalue weighted by Gasteiger charge is -2.13. The Bertz CT molecular complexity index is 1200. The topological polar surface area (TPSA) is 115 Å². The van der Waals surface area contributed by atoms with Crippen LogP contribution in [0.25, 0.3) is 6.08 Å². The van der Waals surface area contributed by atoms with Gasteiger partial charge in [-0.25, -0.2) is 14.6 Å². The molecule has 0 saturated carbocycles. The van der Waals surface area contributed by atoms with Crippen LogP contribution >= 0.6 is 27.7 Å². The van der Waals surface area contributed by atoms with Gasteiger partial charge >= 0.3 is 11.9 Å². The number of carboxylic acids is 1. The number of thioether (sulfide) groups is 1. The Balaban J connectivity index is 1.92. The molecule has 34 heavy (non-hydrogen) atoms. The normalized spacial score (nSPS) is 15.6. The third kappa shape index (κ3) is 5.78. The second kappa shape index (κ2) is 11.2. The van der Waals surface area contributed by atoms with Gasteiger partial charge in [0, 0.05) is 6.54 Å². The fourth-order valence-electron chi connectivity index (χ4n) is 2.99. The first-order valence-corrected chi connectivity index (χ1v) is 11.6. The zero-order chi connectivity index (χ0) is 24.8. The van der Waals surface area contributed by atoms with Gasteiger partial charge < -0.3 is 19.3 Å². The predicted molar refractivity (Wildman–Crippen MR) is 132 cm³/mol. The molecule has 1 aliphatic rings. The molecule has 0 unspecified atom stereocenters. The molecule has 0 bridgehead atoms. The number of aliphatic imine (C=N–C) groups is 1. The Morgan fingerprint density at radius 3 is 2.65 bits per heavy atom. The summed E-state index contributed by atoms with van der Waals surface area (Å²) in [5, 5.41) is 9.65. The number of amidine groups is 1. The molecule has 178 valence electrons. The number of hydrogen-bond acceptors (Lipinski definition) is 8. The summed E-state index contributed by atoms with van der Waals surface area (Å²) in [4.78, 5) is 42.1. The average Bonchev–Trinajstić information content (AvgIpc) is 3.11. The van der Waals surface area contributed by atoms with Crippen LogP contribution < -0.4 is 9.47 Å². The lowest BCUT2D eigenvalue weighted by atomic mass is 10.2. The molecule has 1 N–H and O–H groups in total. The highest BCUT2D eigenvalue weighted by Gasteiger charge is 2.32. The van der Waals surface area contributed by atoms with Gasteiger partial charge in [-0.15, -0.1) is 0 Å². The molecule has 0 radical (unpaired) electrons. The molecule has 0 aliphatic carbocycles. The predicted octanol–water partition coefficient (Wildman–Crippen LogP) is 4.33. The van der Waals surface area contributed by atoms with Gasteiger partial charge in [-0.3, -0.25) is 9.69 Å². The van der Waals surface area contributed by atoms with Crippen molar-refractivity contribution in [3.8, 4) is 11.5 Å². The van der Waals surface area contributed by atoms with E-state index in [2.05, 4.69) is 25.7 Å². The van der Waals surface area contributed by atoms with Crippen LogP contribution in [0.5, 0.6) is 11.5 Å². The van der Waals surface area contributed by atoms with E-state index in [-0.39, 0.29) is 18.1 Å². The third-order valence-corrected chi connectivity index (χ3v) is 6.23. The van der Waals surface area contributed by atoms with Crippen molar-refractivity contribution in [1.82, 2.24) is 4.90 Å². The number of ether oxygens (including phenoxy) is 3. The maximum Gasteiger partial charge on any atom is 0.343 e. The second-order valence-electron chi connectivity index (χ2n) is 6.81. The Morgan fingerprint density at radius 2 is 2.00 bits per heavy atom. The Labute approximate surface area is 208 Å². The maximum atomic E-state index is 13.0. The second-order valence-corrected chi connectivity index (χ2v) is 8.67. The molecule has 3 rings (SSSR count). The summed E-state index contributed by atoms with van der Waals surface area (Å²) in [7, 11) is 2.73. The molecule has 2 aromatic rings. The molecule has 2 aromatic carbocycles. The van der Waals surface area contributed by atoms with Crippen molar-refractivity contribution in [3.63, 3.8) is 0 Å². The largest absolute Gasteiger partial charge is 0.493 e. The molecular formula is C23H21BrN2O7S. The molecule has 1 aliphatic heterocycles. The number of hydrogen-bond donors (Lipinski definition) is 1. The van der Waals surface area contributed by atoms with E-state index in [9.17, 15) is 19.5 Å². The standard InChI is InChI=1S/C23H21BrN2O7S/c1-4-26-21(28)18(34-23(26)25-15-7-5-6-14(11-15)22(29)30)10-13-8-16(24)20(17(9-13)31-2)33-12-19(27)32-3/h5-11H,4,12H2,1-3H3,(H,29,30). The van der Waals surface area contributed by atoms with E-state index in [0.717, 1.165) is 0 Å². The first-order valence-electron chi connectivity index (χ1n) is 9.98. The Hall–Kier alpha value is -3.31. The van der Waals surface area contributed by atoms with Gasteiger partial charge in [0.1, 0.15) is 0 Å². The van der Waals surface area contributed by atoms with E-state index in [1.54, 1.807) is 30.3 Å². The molecule has 0 aromatic heterocycles. The number of benzene rings is 2. The number of carboxylic acid groups (broad SMARTS) is 1. The van der Waals surface area contributed by atoms with Gasteiger partial charge in [-0.05, 0) is 76.6 Å². The highest BCUT2D eigenvalue weighted by Crippen LogP contribution is 2.39. The molecular weight excluding hydrogens is 528 g/mol. The van der Waals surface area contributed by atoms with Gasteiger partial charge in [0.05, 0.1) is 34.8 Å². The number of aromatic carboxylic acids is 1. The molecule has 11 heteroatoms. The highest BCUT2D eigenvalue weighted by atomic mass is 79.9. The molecule has 1 fully saturated rings. The van der Waals surface area contributed by atoms with Crippen LogP contribution in [0.3, 0.4) is 0 Å². The number of amides is 1. The van der Waals surface area contributed by atoms with Crippen molar-refractivity contribution in [2.45, 2.75) is 6.92 Å².